The van der Waals surface area contributed by atoms with Gasteiger partial charge in [-0.15, -0.1) is 0 Å². The molecule has 2 aromatic rings. The van der Waals surface area contributed by atoms with E-state index in [1.807, 2.05) is 42.5 Å². The molecule has 0 heterocycles. The monoisotopic (exact) mass is 296 g/mol. The molecule has 0 aliphatic heterocycles. The summed E-state index contributed by atoms with van der Waals surface area (Å²) in [6.45, 7) is 1.77. The van der Waals surface area contributed by atoms with Crippen molar-refractivity contribution < 1.29 is 19.5 Å². The van der Waals surface area contributed by atoms with Gasteiger partial charge in [-0.2, -0.15) is 0 Å². The van der Waals surface area contributed by atoms with E-state index in [1.165, 1.54) is 0 Å². The van der Waals surface area contributed by atoms with Crippen LogP contribution in [0.3, 0.4) is 0 Å². The Morgan fingerprint density at radius 2 is 1.64 bits per heavy atom. The summed E-state index contributed by atoms with van der Waals surface area (Å²) < 4.78 is 0. The third kappa shape index (κ3) is 3.88. The lowest BCUT2D eigenvalue weighted by molar-refractivity contribution is -0.148. The van der Waals surface area contributed by atoms with Gasteiger partial charge in [0.2, 0.25) is 5.78 Å². The maximum absolute atomic E-state index is 12.1. The van der Waals surface area contributed by atoms with Gasteiger partial charge in [-0.25, -0.2) is 4.79 Å². The SMILES string of the molecule is Cc1ccc(Cc2ccccc2)cc1C(=O)CC(=O)C(=O)O. The van der Waals surface area contributed by atoms with Crippen molar-refractivity contribution in [3.8, 4) is 0 Å². The molecule has 0 spiro atoms. The molecule has 4 nitrogen and oxygen atoms in total. The van der Waals surface area contributed by atoms with Gasteiger partial charge in [0.05, 0.1) is 6.42 Å². The quantitative estimate of drug-likeness (QED) is 0.505. The summed E-state index contributed by atoms with van der Waals surface area (Å²) in [6.07, 6.45) is 0.0687. The van der Waals surface area contributed by atoms with Gasteiger partial charge in [0.1, 0.15) is 0 Å². The van der Waals surface area contributed by atoms with E-state index in [0.717, 1.165) is 16.7 Å². The predicted molar refractivity (Wildman–Crippen MR) is 82.0 cm³/mol. The standard InChI is InChI=1S/C18H16O4/c1-12-7-8-14(9-13-5-3-2-4-6-13)10-15(12)16(19)11-17(20)18(21)22/h2-8,10H,9,11H2,1H3,(H,21,22). The van der Waals surface area contributed by atoms with E-state index in [1.54, 1.807) is 13.0 Å². The van der Waals surface area contributed by atoms with E-state index in [9.17, 15) is 14.4 Å². The average Bonchev–Trinajstić information content (AvgIpc) is 2.50. The topological polar surface area (TPSA) is 71.4 Å². The smallest absolute Gasteiger partial charge is 0.372 e. The molecule has 0 bridgehead atoms. The Morgan fingerprint density at radius 3 is 2.27 bits per heavy atom. The summed E-state index contributed by atoms with van der Waals surface area (Å²) in [5.41, 5.74) is 3.21. The van der Waals surface area contributed by atoms with Gasteiger partial charge in [0, 0.05) is 5.56 Å². The lowest BCUT2D eigenvalue weighted by atomic mass is 9.96. The zero-order chi connectivity index (χ0) is 16.1. The van der Waals surface area contributed by atoms with Crippen LogP contribution in [0.2, 0.25) is 0 Å². The Morgan fingerprint density at radius 1 is 0.955 bits per heavy atom. The summed E-state index contributed by atoms with van der Waals surface area (Å²) in [5.74, 6) is -3.12. The molecule has 0 amide bonds. The predicted octanol–water partition coefficient (Wildman–Crippen LogP) is 2.81. The van der Waals surface area contributed by atoms with Crippen molar-refractivity contribution in [3.63, 3.8) is 0 Å². The molecule has 0 aliphatic carbocycles. The van der Waals surface area contributed by atoms with Gasteiger partial charge in [-0.1, -0.05) is 42.5 Å². The van der Waals surface area contributed by atoms with Crippen LogP contribution < -0.4 is 0 Å². The Labute approximate surface area is 128 Å². The van der Waals surface area contributed by atoms with Crippen molar-refractivity contribution in [1.82, 2.24) is 0 Å². The first-order valence-electron chi connectivity index (χ1n) is 6.90. The van der Waals surface area contributed by atoms with Crippen LogP contribution in [-0.4, -0.2) is 22.6 Å². The van der Waals surface area contributed by atoms with Gasteiger partial charge >= 0.3 is 5.97 Å². The van der Waals surface area contributed by atoms with E-state index >= 15 is 0 Å². The van der Waals surface area contributed by atoms with Crippen molar-refractivity contribution in [2.75, 3.05) is 0 Å². The van der Waals surface area contributed by atoms with Gasteiger partial charge in [0.25, 0.3) is 0 Å². The number of Topliss-reactive ketones (excluding diaryl/α,β-unsaturated/α-hetero) is 2. The molecule has 0 saturated heterocycles. The number of hydrogen-bond acceptors (Lipinski definition) is 3. The number of benzene rings is 2. The first kappa shape index (κ1) is 15.6. The highest BCUT2D eigenvalue weighted by Crippen LogP contribution is 2.16. The van der Waals surface area contributed by atoms with E-state index in [4.69, 9.17) is 5.11 Å². The van der Waals surface area contributed by atoms with E-state index in [2.05, 4.69) is 0 Å². The molecule has 0 fully saturated rings. The first-order chi connectivity index (χ1) is 10.5. The Hall–Kier alpha value is -2.75. The lowest BCUT2D eigenvalue weighted by Gasteiger charge is -2.08. The van der Waals surface area contributed by atoms with E-state index in [0.29, 0.717) is 12.0 Å². The number of rotatable bonds is 6. The van der Waals surface area contributed by atoms with Gasteiger partial charge in [0.15, 0.2) is 5.78 Å². The maximum Gasteiger partial charge on any atom is 0.372 e. The molecular formula is C18H16O4. The highest BCUT2D eigenvalue weighted by molar-refractivity contribution is 6.37. The average molecular weight is 296 g/mol. The number of carboxylic acids is 1. The van der Waals surface area contributed by atoms with Crippen molar-refractivity contribution in [2.45, 2.75) is 19.8 Å². The Kier molecular flexibility index (Phi) is 4.84. The van der Waals surface area contributed by atoms with Gasteiger partial charge in [-0.05, 0) is 36.1 Å². The normalized spacial score (nSPS) is 10.2. The molecule has 2 rings (SSSR count). The number of carboxylic acid groups (broad SMARTS) is 1. The van der Waals surface area contributed by atoms with E-state index in [-0.39, 0.29) is 0 Å². The van der Waals surface area contributed by atoms with Crippen LogP contribution >= 0.6 is 0 Å². The summed E-state index contributed by atoms with van der Waals surface area (Å²) in [7, 11) is 0. The number of aliphatic carboxylic acids is 1. The van der Waals surface area contributed by atoms with Crippen LogP contribution in [-0.2, 0) is 16.0 Å². The second-order valence-electron chi connectivity index (χ2n) is 5.14. The largest absolute Gasteiger partial charge is 0.475 e. The third-order valence-electron chi connectivity index (χ3n) is 3.41. The number of carbonyl (C=O) groups excluding carboxylic acids is 2. The van der Waals surface area contributed by atoms with Crippen LogP contribution in [0.15, 0.2) is 48.5 Å². The third-order valence-corrected chi connectivity index (χ3v) is 3.41. The fourth-order valence-electron chi connectivity index (χ4n) is 2.23. The molecule has 0 atom stereocenters. The fraction of sp³-hybridized carbons (Fsp3) is 0.167. The Bertz CT molecular complexity index is 717. The second kappa shape index (κ2) is 6.80. The molecular weight excluding hydrogens is 280 g/mol. The molecule has 0 aliphatic rings. The van der Waals surface area contributed by atoms with Crippen LogP contribution in [0.5, 0.6) is 0 Å². The van der Waals surface area contributed by atoms with Gasteiger partial charge in [-0.3, -0.25) is 9.59 Å². The summed E-state index contributed by atoms with van der Waals surface area (Å²) in [6, 6.07) is 15.3. The molecule has 0 saturated carbocycles. The molecule has 22 heavy (non-hydrogen) atoms. The summed E-state index contributed by atoms with van der Waals surface area (Å²) in [4.78, 5) is 33.9. The number of aryl methyl sites for hydroxylation is 1. The van der Waals surface area contributed by atoms with Crippen molar-refractivity contribution >= 4 is 17.5 Å². The first-order valence-corrected chi connectivity index (χ1v) is 6.90. The second-order valence-corrected chi connectivity index (χ2v) is 5.14. The fourth-order valence-corrected chi connectivity index (χ4v) is 2.23. The summed E-state index contributed by atoms with van der Waals surface area (Å²) in [5, 5.41) is 8.59. The molecule has 112 valence electrons. The lowest BCUT2D eigenvalue weighted by Crippen LogP contribution is -2.17. The highest BCUT2D eigenvalue weighted by Gasteiger charge is 2.19. The minimum absolute atomic E-state index is 0.406. The molecule has 0 unspecified atom stereocenters. The van der Waals surface area contributed by atoms with E-state index < -0.39 is 24.0 Å². The van der Waals surface area contributed by atoms with Gasteiger partial charge < -0.3 is 5.11 Å². The zero-order valence-electron chi connectivity index (χ0n) is 12.2. The molecule has 0 radical (unpaired) electrons. The van der Waals surface area contributed by atoms with Crippen LogP contribution in [0.25, 0.3) is 0 Å². The van der Waals surface area contributed by atoms with Crippen molar-refractivity contribution in [3.05, 3.63) is 70.8 Å². The zero-order valence-corrected chi connectivity index (χ0v) is 12.2. The molecule has 1 N–H and O–H groups in total. The van der Waals surface area contributed by atoms with Crippen LogP contribution in [0.1, 0.15) is 33.5 Å². The molecule has 0 aromatic heterocycles. The van der Waals surface area contributed by atoms with Crippen molar-refractivity contribution in [1.29, 1.82) is 0 Å². The maximum atomic E-state index is 12.1. The summed E-state index contributed by atoms with van der Waals surface area (Å²) >= 11 is 0. The minimum Gasteiger partial charge on any atom is -0.475 e. The van der Waals surface area contributed by atoms with Crippen LogP contribution in [0.4, 0.5) is 0 Å². The number of carbonyl (C=O) groups is 3. The Balaban J connectivity index is 2.21. The van der Waals surface area contributed by atoms with Crippen LogP contribution in [0, 0.1) is 6.92 Å². The van der Waals surface area contributed by atoms with Crippen molar-refractivity contribution in [2.24, 2.45) is 0 Å². The molecule has 4 heteroatoms. The highest BCUT2D eigenvalue weighted by atomic mass is 16.4. The minimum atomic E-state index is -1.58. The number of ketones is 2. The molecule has 2 aromatic carbocycles. The number of hydrogen-bond donors (Lipinski definition) is 1.